The maximum Gasteiger partial charge on any atom is 0.122 e. The van der Waals surface area contributed by atoms with E-state index in [4.69, 9.17) is 4.74 Å². The Hall–Kier alpha value is -0.670. The lowest BCUT2D eigenvalue weighted by molar-refractivity contribution is 0.406. The van der Waals surface area contributed by atoms with Gasteiger partial charge in [0.2, 0.25) is 0 Å². The molecule has 0 spiro atoms. The summed E-state index contributed by atoms with van der Waals surface area (Å²) in [6, 6.07) is 6.98. The summed E-state index contributed by atoms with van der Waals surface area (Å²) in [5.74, 6) is 4.16. The van der Waals surface area contributed by atoms with Crippen molar-refractivity contribution in [3.8, 4) is 5.75 Å². The van der Waals surface area contributed by atoms with Gasteiger partial charge in [0.25, 0.3) is 0 Å². The van der Waals surface area contributed by atoms with Crippen molar-refractivity contribution < 1.29 is 4.74 Å². The molecule has 0 heterocycles. The van der Waals surface area contributed by atoms with Gasteiger partial charge in [0.1, 0.15) is 5.75 Å². The summed E-state index contributed by atoms with van der Waals surface area (Å²) in [6.45, 7) is 10.0. The first-order chi connectivity index (χ1) is 10.1. The maximum atomic E-state index is 5.51. The van der Waals surface area contributed by atoms with E-state index < -0.39 is 0 Å². The highest BCUT2D eigenvalue weighted by Crippen LogP contribution is 2.22. The van der Waals surface area contributed by atoms with E-state index in [2.05, 4.69) is 63.0 Å². The van der Waals surface area contributed by atoms with Gasteiger partial charge >= 0.3 is 0 Å². The van der Waals surface area contributed by atoms with Gasteiger partial charge < -0.3 is 10.1 Å². The van der Waals surface area contributed by atoms with E-state index in [0.29, 0.717) is 6.04 Å². The molecule has 0 radical (unpaired) electrons. The molecule has 1 rings (SSSR count). The van der Waals surface area contributed by atoms with Crippen molar-refractivity contribution in [2.75, 3.05) is 25.2 Å². The lowest BCUT2D eigenvalue weighted by Gasteiger charge is -2.20. The highest BCUT2D eigenvalue weighted by Gasteiger charge is 2.13. The number of hydrogen-bond donors (Lipinski definition) is 1. The van der Waals surface area contributed by atoms with E-state index in [1.54, 1.807) is 7.11 Å². The molecule has 2 nitrogen and oxygen atoms in total. The van der Waals surface area contributed by atoms with Crippen molar-refractivity contribution in [1.29, 1.82) is 0 Å². The summed E-state index contributed by atoms with van der Waals surface area (Å²) >= 11 is 2.05. The molecule has 0 aliphatic rings. The summed E-state index contributed by atoms with van der Waals surface area (Å²) in [4.78, 5) is 0. The molecule has 3 heteroatoms. The van der Waals surface area contributed by atoms with Gasteiger partial charge in [0, 0.05) is 11.8 Å². The number of ether oxygens (including phenoxy) is 1. The van der Waals surface area contributed by atoms with Crippen molar-refractivity contribution in [2.45, 2.75) is 46.6 Å². The zero-order valence-corrected chi connectivity index (χ0v) is 15.1. The molecule has 1 N–H and O–H groups in total. The third kappa shape index (κ3) is 7.23. The van der Waals surface area contributed by atoms with Gasteiger partial charge in [-0.25, -0.2) is 0 Å². The van der Waals surface area contributed by atoms with Crippen LogP contribution in [0.25, 0.3) is 0 Å². The highest BCUT2D eigenvalue weighted by molar-refractivity contribution is 7.99. The Balaban J connectivity index is 2.68. The largest absolute Gasteiger partial charge is 0.496 e. The number of hydrogen-bond acceptors (Lipinski definition) is 3. The number of methoxy groups -OCH3 is 1. The highest BCUT2D eigenvalue weighted by atomic mass is 32.2. The molecule has 1 aromatic rings. The van der Waals surface area contributed by atoms with Crippen LogP contribution in [0, 0.1) is 12.8 Å². The predicted octanol–water partition coefficient (Wildman–Crippen LogP) is 4.30. The van der Waals surface area contributed by atoms with Crippen LogP contribution in [0.15, 0.2) is 18.2 Å². The molecule has 21 heavy (non-hydrogen) atoms. The minimum atomic E-state index is 0.518. The smallest absolute Gasteiger partial charge is 0.122 e. The Morgan fingerprint density at radius 2 is 2.00 bits per heavy atom. The van der Waals surface area contributed by atoms with E-state index in [-0.39, 0.29) is 0 Å². The third-order valence-corrected chi connectivity index (χ3v) is 4.90. The molecule has 1 atom stereocenters. The molecule has 0 bridgehead atoms. The Bertz CT molecular complexity index is 406. The van der Waals surface area contributed by atoms with E-state index in [0.717, 1.165) is 30.4 Å². The molecule has 0 aromatic heterocycles. The van der Waals surface area contributed by atoms with Crippen molar-refractivity contribution in [1.82, 2.24) is 5.32 Å². The van der Waals surface area contributed by atoms with Gasteiger partial charge in [-0.3, -0.25) is 0 Å². The Labute approximate surface area is 135 Å². The van der Waals surface area contributed by atoms with Crippen molar-refractivity contribution in [3.05, 3.63) is 29.3 Å². The van der Waals surface area contributed by atoms with Gasteiger partial charge in [-0.15, -0.1) is 0 Å². The standard InChI is InChI=1S/C18H31NOS/c1-6-9-19-17(13-21-12-14(2)3)11-16-10-15(4)7-8-18(16)20-5/h7-8,10,14,17,19H,6,9,11-13H2,1-5H3. The zero-order chi connectivity index (χ0) is 15.7. The number of aryl methyl sites for hydroxylation is 1. The second kappa shape index (κ2) is 10.1. The molecule has 0 fully saturated rings. The lowest BCUT2D eigenvalue weighted by Crippen LogP contribution is -2.34. The van der Waals surface area contributed by atoms with Gasteiger partial charge in [-0.2, -0.15) is 11.8 Å². The molecule has 0 saturated heterocycles. The average Bonchev–Trinajstić information content (AvgIpc) is 2.44. The molecule has 0 amide bonds. The minimum absolute atomic E-state index is 0.518. The van der Waals surface area contributed by atoms with Gasteiger partial charge in [-0.05, 0) is 49.6 Å². The van der Waals surface area contributed by atoms with Crippen LogP contribution in [-0.2, 0) is 6.42 Å². The van der Waals surface area contributed by atoms with Crippen molar-refractivity contribution in [3.63, 3.8) is 0 Å². The SMILES string of the molecule is CCCNC(CSCC(C)C)Cc1cc(C)ccc1OC. The summed E-state index contributed by atoms with van der Waals surface area (Å²) in [5.41, 5.74) is 2.62. The molecular formula is C18H31NOS. The van der Waals surface area contributed by atoms with Crippen molar-refractivity contribution in [2.24, 2.45) is 5.92 Å². The first kappa shape index (κ1) is 18.4. The van der Waals surface area contributed by atoms with Crippen LogP contribution in [0.2, 0.25) is 0 Å². The quantitative estimate of drug-likeness (QED) is 0.696. The monoisotopic (exact) mass is 309 g/mol. The molecule has 1 unspecified atom stereocenters. The topological polar surface area (TPSA) is 21.3 Å². The van der Waals surface area contributed by atoms with Crippen molar-refractivity contribution >= 4 is 11.8 Å². The fraction of sp³-hybridized carbons (Fsp3) is 0.667. The minimum Gasteiger partial charge on any atom is -0.496 e. The second-order valence-corrected chi connectivity index (χ2v) is 7.18. The van der Waals surface area contributed by atoms with Crippen LogP contribution in [-0.4, -0.2) is 31.2 Å². The second-order valence-electron chi connectivity index (χ2n) is 6.10. The number of benzene rings is 1. The summed E-state index contributed by atoms with van der Waals surface area (Å²) in [7, 11) is 1.76. The Morgan fingerprint density at radius 3 is 2.62 bits per heavy atom. The Kier molecular flexibility index (Phi) is 8.86. The van der Waals surface area contributed by atoms with E-state index in [1.165, 1.54) is 23.3 Å². The molecule has 120 valence electrons. The number of nitrogens with one attached hydrogen (secondary N) is 1. The van der Waals surface area contributed by atoms with Crippen LogP contribution < -0.4 is 10.1 Å². The van der Waals surface area contributed by atoms with E-state index in [1.807, 2.05) is 0 Å². The van der Waals surface area contributed by atoms with Crippen LogP contribution in [0.3, 0.4) is 0 Å². The van der Waals surface area contributed by atoms with E-state index in [9.17, 15) is 0 Å². The lowest BCUT2D eigenvalue weighted by atomic mass is 10.0. The molecule has 1 aromatic carbocycles. The number of rotatable bonds is 10. The normalized spacial score (nSPS) is 12.7. The average molecular weight is 310 g/mol. The van der Waals surface area contributed by atoms with E-state index >= 15 is 0 Å². The third-order valence-electron chi connectivity index (χ3n) is 3.36. The first-order valence-electron chi connectivity index (χ1n) is 8.01. The van der Waals surface area contributed by atoms with Gasteiger partial charge in [-0.1, -0.05) is 38.5 Å². The molecule has 0 aliphatic carbocycles. The first-order valence-corrected chi connectivity index (χ1v) is 9.16. The van der Waals surface area contributed by atoms with Gasteiger partial charge in [0.15, 0.2) is 0 Å². The summed E-state index contributed by atoms with van der Waals surface area (Å²) in [6.07, 6.45) is 2.21. The Morgan fingerprint density at radius 1 is 1.24 bits per heavy atom. The fourth-order valence-corrected chi connectivity index (χ4v) is 3.44. The van der Waals surface area contributed by atoms with Gasteiger partial charge in [0.05, 0.1) is 7.11 Å². The van der Waals surface area contributed by atoms with Crippen LogP contribution >= 0.6 is 11.8 Å². The predicted molar refractivity (Wildman–Crippen MR) is 95.7 cm³/mol. The fourth-order valence-electron chi connectivity index (χ4n) is 2.32. The number of thioether (sulfide) groups is 1. The zero-order valence-electron chi connectivity index (χ0n) is 14.2. The summed E-state index contributed by atoms with van der Waals surface area (Å²) in [5, 5.41) is 3.69. The van der Waals surface area contributed by atoms with Crippen LogP contribution in [0.1, 0.15) is 38.3 Å². The molecule has 0 saturated carbocycles. The maximum absolute atomic E-state index is 5.51. The van der Waals surface area contributed by atoms with Crippen LogP contribution in [0.5, 0.6) is 5.75 Å². The van der Waals surface area contributed by atoms with Crippen LogP contribution in [0.4, 0.5) is 0 Å². The summed E-state index contributed by atoms with van der Waals surface area (Å²) < 4.78 is 5.51. The molecule has 0 aliphatic heterocycles. The molecular weight excluding hydrogens is 278 g/mol.